The molecule has 0 unspecified atom stereocenters. The standard InChI is InChI=1S/C19H16N4O2/c1-20-14-2-4-15(5-3-14)23-19(24)13-8-16-17(12-6-7-25-11-12)10-22-18(16)21-9-13/h2-11,20H,1H3,(H,21,22)(H,23,24). The van der Waals surface area contributed by atoms with E-state index in [4.69, 9.17) is 4.42 Å². The number of H-pyrrole nitrogens is 1. The first kappa shape index (κ1) is 15.0. The fourth-order valence-corrected chi connectivity index (χ4v) is 2.71. The molecule has 0 saturated heterocycles. The molecule has 1 aromatic carbocycles. The highest BCUT2D eigenvalue weighted by molar-refractivity contribution is 6.07. The molecule has 3 aromatic heterocycles. The number of hydrogen-bond acceptors (Lipinski definition) is 4. The third-order valence-corrected chi connectivity index (χ3v) is 4.06. The van der Waals surface area contributed by atoms with Crippen LogP contribution in [0.1, 0.15) is 10.4 Å². The van der Waals surface area contributed by atoms with Gasteiger partial charge in [0.1, 0.15) is 5.65 Å². The highest BCUT2D eigenvalue weighted by atomic mass is 16.3. The van der Waals surface area contributed by atoms with E-state index < -0.39 is 0 Å². The molecule has 0 aliphatic rings. The van der Waals surface area contributed by atoms with Crippen molar-refractivity contribution in [2.75, 3.05) is 17.7 Å². The number of amides is 1. The van der Waals surface area contributed by atoms with E-state index >= 15 is 0 Å². The van der Waals surface area contributed by atoms with Crippen molar-refractivity contribution in [3.8, 4) is 11.1 Å². The van der Waals surface area contributed by atoms with Crippen molar-refractivity contribution in [3.05, 3.63) is 66.9 Å². The zero-order valence-electron chi connectivity index (χ0n) is 13.5. The number of aromatic nitrogens is 2. The van der Waals surface area contributed by atoms with Gasteiger partial charge in [-0.05, 0) is 36.4 Å². The molecular weight excluding hydrogens is 316 g/mol. The zero-order valence-corrected chi connectivity index (χ0v) is 13.5. The van der Waals surface area contributed by atoms with Gasteiger partial charge in [0.05, 0.1) is 18.1 Å². The molecule has 0 spiro atoms. The van der Waals surface area contributed by atoms with Gasteiger partial charge in [-0.25, -0.2) is 4.98 Å². The lowest BCUT2D eigenvalue weighted by Crippen LogP contribution is -2.12. The smallest absolute Gasteiger partial charge is 0.257 e. The van der Waals surface area contributed by atoms with Gasteiger partial charge in [0, 0.05) is 47.3 Å². The Hall–Kier alpha value is -3.54. The fourth-order valence-electron chi connectivity index (χ4n) is 2.71. The average Bonchev–Trinajstić information content (AvgIpc) is 3.31. The number of rotatable bonds is 4. The number of anilines is 2. The summed E-state index contributed by atoms with van der Waals surface area (Å²) in [5.41, 5.74) is 4.82. The number of carbonyl (C=O) groups is 1. The second-order valence-corrected chi connectivity index (χ2v) is 5.62. The summed E-state index contributed by atoms with van der Waals surface area (Å²) in [6.45, 7) is 0. The minimum Gasteiger partial charge on any atom is -0.472 e. The van der Waals surface area contributed by atoms with Crippen LogP contribution in [0, 0.1) is 0 Å². The summed E-state index contributed by atoms with van der Waals surface area (Å²) in [5.74, 6) is -0.203. The van der Waals surface area contributed by atoms with E-state index in [1.165, 1.54) is 0 Å². The summed E-state index contributed by atoms with van der Waals surface area (Å²) < 4.78 is 5.14. The minimum absolute atomic E-state index is 0.203. The zero-order chi connectivity index (χ0) is 17.2. The molecule has 124 valence electrons. The Labute approximate surface area is 143 Å². The SMILES string of the molecule is CNc1ccc(NC(=O)c2cnc3[nH]cc(-c4ccoc4)c3c2)cc1. The monoisotopic (exact) mass is 332 g/mol. The summed E-state index contributed by atoms with van der Waals surface area (Å²) in [7, 11) is 1.85. The molecule has 0 radical (unpaired) electrons. The predicted molar refractivity (Wildman–Crippen MR) is 97.7 cm³/mol. The minimum atomic E-state index is -0.203. The topological polar surface area (TPSA) is 83.0 Å². The van der Waals surface area contributed by atoms with Gasteiger partial charge in [-0.2, -0.15) is 0 Å². The van der Waals surface area contributed by atoms with Gasteiger partial charge >= 0.3 is 0 Å². The predicted octanol–water partition coefficient (Wildman–Crippen LogP) is 4.12. The quantitative estimate of drug-likeness (QED) is 0.525. The molecule has 4 rings (SSSR count). The molecule has 0 aliphatic carbocycles. The number of hydrogen-bond donors (Lipinski definition) is 3. The molecule has 4 aromatic rings. The normalized spacial score (nSPS) is 10.8. The second kappa shape index (κ2) is 6.16. The molecule has 6 nitrogen and oxygen atoms in total. The van der Waals surface area contributed by atoms with Crippen LogP contribution >= 0.6 is 0 Å². The third-order valence-electron chi connectivity index (χ3n) is 4.06. The molecular formula is C19H16N4O2. The van der Waals surface area contributed by atoms with E-state index in [2.05, 4.69) is 20.6 Å². The molecule has 0 fully saturated rings. The maximum atomic E-state index is 12.5. The third kappa shape index (κ3) is 2.85. The second-order valence-electron chi connectivity index (χ2n) is 5.62. The van der Waals surface area contributed by atoms with Crippen LogP contribution in [0.4, 0.5) is 11.4 Å². The van der Waals surface area contributed by atoms with Crippen molar-refractivity contribution in [2.45, 2.75) is 0 Å². The maximum absolute atomic E-state index is 12.5. The van der Waals surface area contributed by atoms with Crippen molar-refractivity contribution in [1.29, 1.82) is 0 Å². The van der Waals surface area contributed by atoms with Crippen molar-refractivity contribution in [2.24, 2.45) is 0 Å². The molecule has 6 heteroatoms. The van der Waals surface area contributed by atoms with E-state index in [9.17, 15) is 4.79 Å². The first-order valence-electron chi connectivity index (χ1n) is 7.83. The Balaban J connectivity index is 1.64. The number of benzene rings is 1. The van der Waals surface area contributed by atoms with Crippen LogP contribution in [0.15, 0.2) is 65.7 Å². The summed E-state index contributed by atoms with van der Waals surface area (Å²) >= 11 is 0. The molecule has 25 heavy (non-hydrogen) atoms. The van der Waals surface area contributed by atoms with Crippen LogP contribution < -0.4 is 10.6 Å². The Morgan fingerprint density at radius 3 is 2.68 bits per heavy atom. The van der Waals surface area contributed by atoms with Gasteiger partial charge < -0.3 is 20.0 Å². The van der Waals surface area contributed by atoms with E-state index in [0.717, 1.165) is 33.5 Å². The molecule has 1 amide bonds. The number of carbonyl (C=O) groups excluding carboxylic acids is 1. The largest absolute Gasteiger partial charge is 0.472 e. The van der Waals surface area contributed by atoms with Crippen molar-refractivity contribution in [1.82, 2.24) is 9.97 Å². The summed E-state index contributed by atoms with van der Waals surface area (Å²) in [6, 6.07) is 11.2. The van der Waals surface area contributed by atoms with Crippen molar-refractivity contribution >= 4 is 28.3 Å². The number of nitrogens with zero attached hydrogens (tertiary/aromatic N) is 1. The summed E-state index contributed by atoms with van der Waals surface area (Å²) in [4.78, 5) is 20.0. The Bertz CT molecular complexity index is 1020. The lowest BCUT2D eigenvalue weighted by atomic mass is 10.1. The number of pyridine rings is 1. The van der Waals surface area contributed by atoms with Crippen LogP contribution in [0.3, 0.4) is 0 Å². The van der Waals surface area contributed by atoms with Crippen molar-refractivity contribution < 1.29 is 9.21 Å². The van der Waals surface area contributed by atoms with E-state index in [0.29, 0.717) is 5.56 Å². The first-order chi connectivity index (χ1) is 12.2. The number of nitrogens with one attached hydrogen (secondary N) is 3. The lowest BCUT2D eigenvalue weighted by molar-refractivity contribution is 0.102. The van der Waals surface area contributed by atoms with Gasteiger partial charge in [-0.15, -0.1) is 0 Å². The molecule has 3 heterocycles. The summed E-state index contributed by atoms with van der Waals surface area (Å²) in [5, 5.41) is 6.80. The molecule has 0 saturated carbocycles. The Kier molecular flexibility index (Phi) is 3.70. The fraction of sp³-hybridized carbons (Fsp3) is 0.0526. The van der Waals surface area contributed by atoms with Gasteiger partial charge in [-0.1, -0.05) is 0 Å². The molecule has 0 bridgehead atoms. The number of fused-ring (bicyclic) bond motifs is 1. The first-order valence-corrected chi connectivity index (χ1v) is 7.83. The Morgan fingerprint density at radius 1 is 1.16 bits per heavy atom. The molecule has 0 aliphatic heterocycles. The highest BCUT2D eigenvalue weighted by Gasteiger charge is 2.13. The lowest BCUT2D eigenvalue weighted by Gasteiger charge is -2.07. The van der Waals surface area contributed by atoms with Crippen LogP contribution in [0.2, 0.25) is 0 Å². The number of aromatic amines is 1. The van der Waals surface area contributed by atoms with Gasteiger partial charge in [0.25, 0.3) is 5.91 Å². The van der Waals surface area contributed by atoms with Gasteiger partial charge in [0.2, 0.25) is 0 Å². The van der Waals surface area contributed by atoms with Crippen LogP contribution in [-0.2, 0) is 0 Å². The average molecular weight is 332 g/mol. The molecule has 3 N–H and O–H groups in total. The van der Waals surface area contributed by atoms with Gasteiger partial charge in [0.15, 0.2) is 0 Å². The van der Waals surface area contributed by atoms with Crippen LogP contribution in [-0.4, -0.2) is 22.9 Å². The van der Waals surface area contributed by atoms with E-state index in [1.807, 2.05) is 49.6 Å². The Morgan fingerprint density at radius 2 is 1.96 bits per heavy atom. The van der Waals surface area contributed by atoms with E-state index in [-0.39, 0.29) is 5.91 Å². The van der Waals surface area contributed by atoms with E-state index in [1.54, 1.807) is 18.7 Å². The van der Waals surface area contributed by atoms with Gasteiger partial charge in [-0.3, -0.25) is 4.79 Å². The highest BCUT2D eigenvalue weighted by Crippen LogP contribution is 2.28. The van der Waals surface area contributed by atoms with Crippen LogP contribution in [0.25, 0.3) is 22.2 Å². The molecule has 0 atom stereocenters. The summed E-state index contributed by atoms with van der Waals surface area (Å²) in [6.07, 6.45) is 6.71. The van der Waals surface area contributed by atoms with Crippen molar-refractivity contribution in [3.63, 3.8) is 0 Å². The number of furan rings is 1. The maximum Gasteiger partial charge on any atom is 0.257 e. The van der Waals surface area contributed by atoms with Crippen LogP contribution in [0.5, 0.6) is 0 Å².